The zero-order valence-electron chi connectivity index (χ0n) is 8.78. The molecule has 1 saturated carbocycles. The summed E-state index contributed by atoms with van der Waals surface area (Å²) >= 11 is 0. The van der Waals surface area contributed by atoms with E-state index in [-0.39, 0.29) is 6.10 Å². The Balaban J connectivity index is 1.92. The van der Waals surface area contributed by atoms with Crippen LogP contribution in [0.4, 0.5) is 0 Å². The molecule has 2 nitrogen and oxygen atoms in total. The van der Waals surface area contributed by atoms with E-state index in [2.05, 4.69) is 18.2 Å². The van der Waals surface area contributed by atoms with E-state index >= 15 is 0 Å². The number of fused-ring (bicyclic) bond motifs is 1. The van der Waals surface area contributed by atoms with Gasteiger partial charge in [-0.3, -0.25) is 0 Å². The normalized spacial score (nSPS) is 28.9. The molecule has 15 heavy (non-hydrogen) atoms. The second kappa shape index (κ2) is 3.53. The number of hydrogen-bond donors (Lipinski definition) is 1. The van der Waals surface area contributed by atoms with Gasteiger partial charge in [0.15, 0.2) is 0 Å². The van der Waals surface area contributed by atoms with Crippen molar-refractivity contribution in [2.45, 2.75) is 37.7 Å². The largest absolute Gasteiger partial charge is 0.493 e. The molecule has 0 bridgehead atoms. The van der Waals surface area contributed by atoms with E-state index in [1.165, 1.54) is 11.1 Å². The van der Waals surface area contributed by atoms with Crippen LogP contribution in [0.2, 0.25) is 0 Å². The molecule has 1 aliphatic carbocycles. The number of hydrogen-bond acceptors (Lipinski definition) is 2. The first-order chi connectivity index (χ1) is 7.34. The van der Waals surface area contributed by atoms with Gasteiger partial charge >= 0.3 is 0 Å². The molecule has 0 saturated heterocycles. The summed E-state index contributed by atoms with van der Waals surface area (Å²) in [5.41, 5.74) is 2.61. The predicted octanol–water partition coefficient (Wildman–Crippen LogP) is 2.25. The van der Waals surface area contributed by atoms with Gasteiger partial charge < -0.3 is 9.84 Å². The average Bonchev–Trinajstić information content (AvgIpc) is 2.84. The predicted molar refractivity (Wildman–Crippen MR) is 58.2 cm³/mol. The maximum atomic E-state index is 9.86. The third-order valence-electron chi connectivity index (χ3n) is 3.62. The van der Waals surface area contributed by atoms with Crippen molar-refractivity contribution < 1.29 is 9.84 Å². The monoisotopic (exact) mass is 204 g/mol. The summed E-state index contributed by atoms with van der Waals surface area (Å²) in [6.07, 6.45) is 4.12. The van der Waals surface area contributed by atoms with Crippen LogP contribution in [-0.4, -0.2) is 17.8 Å². The van der Waals surface area contributed by atoms with Crippen LogP contribution in [0.1, 0.15) is 36.3 Å². The molecule has 1 N–H and O–H groups in total. The van der Waals surface area contributed by atoms with Crippen LogP contribution in [0.15, 0.2) is 18.2 Å². The van der Waals surface area contributed by atoms with Gasteiger partial charge in [-0.15, -0.1) is 0 Å². The van der Waals surface area contributed by atoms with E-state index < -0.39 is 0 Å². The minimum Gasteiger partial charge on any atom is -0.493 e. The summed E-state index contributed by atoms with van der Waals surface area (Å²) in [5.74, 6) is 1.39. The quantitative estimate of drug-likeness (QED) is 0.760. The van der Waals surface area contributed by atoms with Crippen molar-refractivity contribution in [1.29, 1.82) is 0 Å². The molecule has 1 aliphatic heterocycles. The smallest absolute Gasteiger partial charge is 0.122 e. The molecule has 3 rings (SSSR count). The molecule has 0 amide bonds. The Hall–Kier alpha value is -1.02. The fourth-order valence-corrected chi connectivity index (χ4v) is 2.77. The Morgan fingerprint density at radius 1 is 1.27 bits per heavy atom. The first kappa shape index (κ1) is 9.22. The van der Waals surface area contributed by atoms with Crippen LogP contribution in [0.5, 0.6) is 5.75 Å². The molecule has 2 aliphatic rings. The van der Waals surface area contributed by atoms with Crippen LogP contribution in [0, 0.1) is 0 Å². The minimum atomic E-state index is -0.134. The third kappa shape index (κ3) is 1.53. The van der Waals surface area contributed by atoms with Gasteiger partial charge in [0, 0.05) is 12.3 Å². The van der Waals surface area contributed by atoms with Gasteiger partial charge in [0.25, 0.3) is 0 Å². The molecule has 0 spiro atoms. The van der Waals surface area contributed by atoms with Crippen molar-refractivity contribution in [3.05, 3.63) is 29.3 Å². The Labute approximate surface area is 89.9 Å². The second-order valence-corrected chi connectivity index (χ2v) is 4.57. The highest BCUT2D eigenvalue weighted by Gasteiger charge is 2.27. The van der Waals surface area contributed by atoms with Gasteiger partial charge in [-0.05, 0) is 30.0 Å². The van der Waals surface area contributed by atoms with Crippen molar-refractivity contribution in [3.8, 4) is 5.75 Å². The molecule has 1 fully saturated rings. The van der Waals surface area contributed by atoms with Crippen LogP contribution in [0.3, 0.4) is 0 Å². The summed E-state index contributed by atoms with van der Waals surface area (Å²) < 4.78 is 5.48. The number of ether oxygens (including phenoxy) is 1. The first-order valence-corrected chi connectivity index (χ1v) is 5.78. The van der Waals surface area contributed by atoms with Gasteiger partial charge in [-0.2, -0.15) is 0 Å². The Kier molecular flexibility index (Phi) is 2.17. The lowest BCUT2D eigenvalue weighted by Gasteiger charge is -2.15. The maximum Gasteiger partial charge on any atom is 0.122 e. The van der Waals surface area contributed by atoms with Crippen molar-refractivity contribution in [2.75, 3.05) is 6.61 Å². The lowest BCUT2D eigenvalue weighted by molar-refractivity contribution is 0.164. The zero-order chi connectivity index (χ0) is 10.3. The van der Waals surface area contributed by atoms with Crippen LogP contribution >= 0.6 is 0 Å². The van der Waals surface area contributed by atoms with Gasteiger partial charge in [0.2, 0.25) is 0 Å². The Morgan fingerprint density at radius 2 is 2.20 bits per heavy atom. The van der Waals surface area contributed by atoms with Crippen LogP contribution in [-0.2, 0) is 6.42 Å². The first-order valence-electron chi connectivity index (χ1n) is 5.78. The summed E-state index contributed by atoms with van der Waals surface area (Å²) in [4.78, 5) is 0. The van der Waals surface area contributed by atoms with E-state index in [1.807, 2.05) is 0 Å². The van der Waals surface area contributed by atoms with E-state index in [0.717, 1.165) is 38.0 Å². The van der Waals surface area contributed by atoms with Gasteiger partial charge in [-0.1, -0.05) is 18.6 Å². The van der Waals surface area contributed by atoms with E-state index in [1.54, 1.807) is 0 Å². The molecule has 2 atom stereocenters. The molecule has 0 radical (unpaired) electrons. The molecule has 2 unspecified atom stereocenters. The van der Waals surface area contributed by atoms with Crippen molar-refractivity contribution in [2.24, 2.45) is 0 Å². The lowest BCUT2D eigenvalue weighted by atomic mass is 9.94. The number of benzene rings is 1. The van der Waals surface area contributed by atoms with Crippen molar-refractivity contribution in [3.63, 3.8) is 0 Å². The van der Waals surface area contributed by atoms with E-state index in [0.29, 0.717) is 5.92 Å². The highest BCUT2D eigenvalue weighted by molar-refractivity contribution is 5.41. The minimum absolute atomic E-state index is 0.134. The molecule has 0 aromatic heterocycles. The Bertz CT molecular complexity index is 373. The topological polar surface area (TPSA) is 29.5 Å². The summed E-state index contributed by atoms with van der Waals surface area (Å²) in [7, 11) is 0. The maximum absolute atomic E-state index is 9.86. The number of aliphatic hydroxyl groups is 1. The Morgan fingerprint density at radius 3 is 3.00 bits per heavy atom. The van der Waals surface area contributed by atoms with Gasteiger partial charge in [0.1, 0.15) is 5.75 Å². The summed E-state index contributed by atoms with van der Waals surface area (Å²) in [6, 6.07) is 6.40. The number of aliphatic hydroxyl groups excluding tert-OH is 1. The third-order valence-corrected chi connectivity index (χ3v) is 3.62. The molecule has 1 aromatic carbocycles. The van der Waals surface area contributed by atoms with Gasteiger partial charge in [-0.25, -0.2) is 0 Å². The fourth-order valence-electron chi connectivity index (χ4n) is 2.77. The van der Waals surface area contributed by atoms with Crippen molar-refractivity contribution in [1.82, 2.24) is 0 Å². The lowest BCUT2D eigenvalue weighted by Crippen LogP contribution is -2.10. The molecular weight excluding hydrogens is 188 g/mol. The van der Waals surface area contributed by atoms with E-state index in [9.17, 15) is 5.11 Å². The second-order valence-electron chi connectivity index (χ2n) is 4.57. The highest BCUT2D eigenvalue weighted by Crippen LogP contribution is 2.37. The number of rotatable bonds is 1. The fraction of sp³-hybridized carbons (Fsp3) is 0.538. The molecular formula is C13H16O2. The molecule has 1 aromatic rings. The molecule has 80 valence electrons. The SMILES string of the molecule is OC1CCCC1c1ccc2c(c1)CCO2. The van der Waals surface area contributed by atoms with Gasteiger partial charge in [0.05, 0.1) is 12.7 Å². The summed E-state index contributed by atoms with van der Waals surface area (Å²) in [6.45, 7) is 0.812. The summed E-state index contributed by atoms with van der Waals surface area (Å²) in [5, 5.41) is 9.86. The van der Waals surface area contributed by atoms with Crippen LogP contribution in [0.25, 0.3) is 0 Å². The van der Waals surface area contributed by atoms with Crippen molar-refractivity contribution >= 4 is 0 Å². The highest BCUT2D eigenvalue weighted by atomic mass is 16.5. The standard InChI is InChI=1S/C13H16O2/c14-12-3-1-2-11(12)9-4-5-13-10(8-9)6-7-15-13/h4-5,8,11-12,14H,1-3,6-7H2. The molecule has 2 heteroatoms. The van der Waals surface area contributed by atoms with E-state index in [4.69, 9.17) is 4.74 Å². The molecule has 1 heterocycles. The van der Waals surface area contributed by atoms with Crippen LogP contribution < -0.4 is 4.74 Å². The average molecular weight is 204 g/mol. The zero-order valence-corrected chi connectivity index (χ0v) is 8.78.